The summed E-state index contributed by atoms with van der Waals surface area (Å²) in [6, 6.07) is 4.37. The number of ether oxygens (including phenoxy) is 1. The van der Waals surface area contributed by atoms with Crippen LogP contribution in [-0.2, 0) is 294 Å². The lowest BCUT2D eigenvalue weighted by Crippen LogP contribution is -1.97. The highest BCUT2D eigenvalue weighted by molar-refractivity contribution is 9.13. The van der Waals surface area contributed by atoms with E-state index >= 15 is 0 Å². The molecule has 2 aliphatic heterocycles. The Kier molecular flexibility index (Phi) is 38.2. The van der Waals surface area contributed by atoms with Gasteiger partial charge in [0.1, 0.15) is 0 Å². The fourth-order valence-corrected chi connectivity index (χ4v) is 80.1. The Morgan fingerprint density at radius 3 is 0.800 bits per heavy atom. The lowest BCUT2D eigenvalue weighted by atomic mass is 9.92. The molecule has 2 bridgehead atoms. The van der Waals surface area contributed by atoms with Crippen molar-refractivity contribution in [2.75, 3.05) is 0 Å². The number of benzene rings is 1. The molecule has 2 heterocycles. The number of hydrogen-bond acceptors (Lipinski definition) is 3. The lowest BCUT2D eigenvalue weighted by Gasteiger charge is -2.12. The van der Waals surface area contributed by atoms with E-state index < -0.39 is 0 Å². The van der Waals surface area contributed by atoms with Gasteiger partial charge in [0.25, 0.3) is 0 Å². The summed E-state index contributed by atoms with van der Waals surface area (Å²) in [5.41, 5.74) is 2.76. The van der Waals surface area contributed by atoms with Gasteiger partial charge in [-0.3, -0.25) is 0 Å². The zero-order valence-corrected chi connectivity index (χ0v) is 49.3. The summed E-state index contributed by atoms with van der Waals surface area (Å²) >= 11 is 16.6. The Hall–Kier alpha value is 7.18. The van der Waals surface area contributed by atoms with E-state index in [4.69, 9.17) is 27.1 Å². The Morgan fingerprint density at radius 1 is 0.400 bits per heavy atom. The van der Waals surface area contributed by atoms with Crippen LogP contribution in [0.15, 0.2) is 21.1 Å². The quantitative estimate of drug-likeness (QED) is 0.389. The van der Waals surface area contributed by atoms with Crippen LogP contribution in [0, 0.1) is 0 Å². The minimum absolute atomic E-state index is 0.365. The largest absolute Gasteiger partial charge is 0.366 e. The third kappa shape index (κ3) is 25.9. The summed E-state index contributed by atoms with van der Waals surface area (Å²) in [6.07, 6.45) is 3.10. The molecule has 0 aromatic heterocycles. The highest BCUT2D eigenvalue weighted by Gasteiger charge is 2.38. The molecule has 0 radical (unpaired) electrons. The first-order chi connectivity index (χ1) is 22.2. The summed E-state index contributed by atoms with van der Waals surface area (Å²) in [4.78, 5) is 0. The van der Waals surface area contributed by atoms with Gasteiger partial charge >= 0.3 is 0 Å². The fourth-order valence-electron chi connectivity index (χ4n) is 2.55. The standard InChI is InChI=1S/C10H8Br2O.S32/c11-7-3-5-6(4-8(7)12)10-2-1-9(5)13-10;1-3-5-7-9-11-13-15-17-19-21-23-25-27-29-31-32-30-28-26-24-22-20-18-16-14-12-10-8-6-4-2/h3-4,9-10H,1-2H2;. The summed E-state index contributed by atoms with van der Waals surface area (Å²) in [5.74, 6) is 0. The van der Waals surface area contributed by atoms with Gasteiger partial charge in [0, 0.05) is 298 Å². The lowest BCUT2D eigenvalue weighted by molar-refractivity contribution is 0.0716. The molecule has 0 aliphatic carbocycles. The molecule has 0 spiro atoms. The molecule has 2 aliphatic rings. The van der Waals surface area contributed by atoms with Crippen LogP contribution in [0.1, 0.15) is 36.2 Å². The number of halogens is 2. The zero-order chi connectivity index (χ0) is 32.2. The Morgan fingerprint density at radius 2 is 0.600 bits per heavy atom. The van der Waals surface area contributed by atoms with Gasteiger partial charge in [-0.05, 0) is 68.0 Å². The van der Waals surface area contributed by atoms with E-state index in [0.29, 0.717) is 12.2 Å². The first-order valence-corrected chi connectivity index (χ1v) is 52.5. The van der Waals surface area contributed by atoms with Gasteiger partial charge in [0.15, 0.2) is 0 Å². The molecule has 2 atom stereocenters. The van der Waals surface area contributed by atoms with Crippen LogP contribution in [0.5, 0.6) is 0 Å². The maximum atomic E-state index is 5.81. The van der Waals surface area contributed by atoms with E-state index in [1.165, 1.54) is 41.7 Å². The second-order valence-corrected chi connectivity index (χ2v) is 60.4. The molecule has 0 amide bonds. The topological polar surface area (TPSA) is 9.23 Å². The van der Waals surface area contributed by atoms with E-state index in [1.54, 1.807) is 107 Å². The van der Waals surface area contributed by atoms with E-state index in [-0.39, 0.29) is 0 Å². The van der Waals surface area contributed by atoms with Crippen LogP contribution in [0.3, 0.4) is 0 Å². The molecule has 1 nitrogen and oxygen atoms in total. The summed E-state index contributed by atoms with van der Waals surface area (Å²) in [7, 11) is 52.8. The first-order valence-electron chi connectivity index (χ1n) is 9.56. The molecule has 0 N–H and O–H groups in total. The van der Waals surface area contributed by atoms with Crippen molar-refractivity contribution in [1.29, 1.82) is 0 Å². The summed E-state index contributed by atoms with van der Waals surface area (Å²) in [6.45, 7) is 0. The van der Waals surface area contributed by atoms with Crippen LogP contribution >= 0.6 is 31.9 Å². The highest BCUT2D eigenvalue weighted by Crippen LogP contribution is 2.52. The van der Waals surface area contributed by atoms with Crippen molar-refractivity contribution in [2.24, 2.45) is 0 Å². The molecule has 3 rings (SSSR count). The molecular weight excluding hydrogens is 1320 g/mol. The number of rotatable bonds is 0. The smallest absolute Gasteiger partial charge is 0.0838 e. The van der Waals surface area contributed by atoms with Crippen molar-refractivity contribution in [3.05, 3.63) is 32.2 Å². The Balaban J connectivity index is 0.000000438. The average Bonchev–Trinajstić information content (AvgIpc) is 3.66. The van der Waals surface area contributed by atoms with Crippen molar-refractivity contribution in [3.8, 4) is 0 Å². The second-order valence-electron chi connectivity index (χ2n) is 5.63. The third-order valence-electron chi connectivity index (χ3n) is 3.64. The molecule has 2 unspecified atom stereocenters. The van der Waals surface area contributed by atoms with Crippen molar-refractivity contribution in [2.45, 2.75) is 25.0 Å². The van der Waals surface area contributed by atoms with E-state index in [1.807, 2.05) is 142 Å². The van der Waals surface area contributed by atoms with Crippen LogP contribution < -0.4 is 0 Å². The van der Waals surface area contributed by atoms with Gasteiger partial charge < -0.3 is 4.74 Å². The van der Waals surface area contributed by atoms with Crippen LogP contribution in [-0.4, -0.2) is 0 Å². The SMILES string of the molecule is Brc1cc2c(cc1Br)C1CCC2O1.S=S=S=S=S=S=S=S=S=S=S=S=S=S=S=S=S=S=S=S=S=S=S=S=S=S=S=S=S=S=S=S. The minimum Gasteiger partial charge on any atom is -0.366 e. The van der Waals surface area contributed by atoms with Gasteiger partial charge in [-0.25, -0.2) is 0 Å². The predicted octanol–water partition coefficient (Wildman–Crippen LogP) is 4.04. The van der Waals surface area contributed by atoms with E-state index in [2.05, 4.69) is 44.0 Å². The van der Waals surface area contributed by atoms with Crippen molar-refractivity contribution in [3.63, 3.8) is 0 Å². The molecule has 260 valence electrons. The highest BCUT2D eigenvalue weighted by atomic mass is 79.9. The second kappa shape index (κ2) is 35.6. The summed E-state index contributed by atoms with van der Waals surface area (Å²) in [5, 5.41) is 0. The van der Waals surface area contributed by atoms with Gasteiger partial charge in [-0.2, -0.15) is 0 Å². The molecule has 1 fully saturated rings. The Labute approximate surface area is 373 Å². The zero-order valence-electron chi connectivity index (χ0n) is 20.0. The monoisotopic (exact) mass is 1330 g/mol. The van der Waals surface area contributed by atoms with Crippen molar-refractivity contribution >= 4 is 321 Å². The van der Waals surface area contributed by atoms with Crippen molar-refractivity contribution < 1.29 is 4.74 Å². The number of fused-ring (bicyclic) bond motifs is 5. The first kappa shape index (κ1) is 48.3. The normalized spacial score (nSPS) is 13.9. The number of hydrogen-bond donors (Lipinski definition) is 0. The third-order valence-corrected chi connectivity index (χ3v) is 69.9. The van der Waals surface area contributed by atoms with Crippen LogP contribution in [0.4, 0.5) is 0 Å². The molecule has 45 heavy (non-hydrogen) atoms. The molecule has 1 saturated heterocycles. The van der Waals surface area contributed by atoms with Crippen LogP contribution in [0.25, 0.3) is 0 Å². The maximum absolute atomic E-state index is 5.81. The van der Waals surface area contributed by atoms with E-state index in [9.17, 15) is 0 Å². The van der Waals surface area contributed by atoms with Gasteiger partial charge in [0.05, 0.1) is 12.2 Å². The van der Waals surface area contributed by atoms with Gasteiger partial charge in [0.2, 0.25) is 0 Å². The minimum atomic E-state index is 0.365. The van der Waals surface area contributed by atoms with E-state index in [0.717, 1.165) is 8.95 Å². The molecule has 0 saturated carbocycles. The summed E-state index contributed by atoms with van der Waals surface area (Å²) < 4.78 is 8.07. The fraction of sp³-hybridized carbons (Fsp3) is 0.400. The van der Waals surface area contributed by atoms with Crippen molar-refractivity contribution in [1.82, 2.24) is 0 Å². The van der Waals surface area contributed by atoms with Gasteiger partial charge in [-0.15, -0.1) is 0 Å². The maximum Gasteiger partial charge on any atom is 0.0838 e. The molecular formula is C10H8Br2OS32. The average molecular weight is 1330 g/mol. The predicted molar refractivity (Wildman–Crippen MR) is 293 cm³/mol. The van der Waals surface area contributed by atoms with Crippen LogP contribution in [0.2, 0.25) is 0 Å². The Bertz CT molecular complexity index is 2440. The molecule has 1 aromatic rings. The molecule has 1 aromatic carbocycles. The molecule has 35 heteroatoms. The van der Waals surface area contributed by atoms with Gasteiger partial charge in [-0.1, -0.05) is 0 Å².